The minimum Gasteiger partial charge on any atom is -0.497 e. The zero-order valence-electron chi connectivity index (χ0n) is 15.8. The highest BCUT2D eigenvalue weighted by atomic mass is 127. The summed E-state index contributed by atoms with van der Waals surface area (Å²) in [5.41, 5.74) is 0.822. The lowest BCUT2D eigenvalue weighted by Crippen LogP contribution is -2.54. The summed E-state index contributed by atoms with van der Waals surface area (Å²) >= 11 is 4.25. The Morgan fingerprint density at radius 2 is 1.73 bits per heavy atom. The Morgan fingerprint density at radius 1 is 1.10 bits per heavy atom. The first-order chi connectivity index (χ1) is 14.3. The first kappa shape index (κ1) is 22.3. The van der Waals surface area contributed by atoms with Gasteiger partial charge in [-0.1, -0.05) is 12.7 Å². The van der Waals surface area contributed by atoms with Gasteiger partial charge in [0.2, 0.25) is 0 Å². The molecule has 4 amide bonds. The monoisotopic (exact) mass is 630 g/mol. The van der Waals surface area contributed by atoms with Crippen LogP contribution in [0.25, 0.3) is 6.08 Å². The molecule has 0 saturated carbocycles. The van der Waals surface area contributed by atoms with E-state index in [0.29, 0.717) is 29.4 Å². The molecule has 154 valence electrons. The van der Waals surface area contributed by atoms with Crippen molar-refractivity contribution in [3.05, 3.63) is 67.3 Å². The standard InChI is InChI=1S/C21H16I2N2O5/c1-3-8-30-18-16(22)10-12(11-17(18)23)9-15-19(26)24-21(28)25(20(15)27)13-4-6-14(29-2)7-5-13/h3-7,9-11H,1,8H2,2H3,(H,24,26,28)/b15-9+. The minimum absolute atomic E-state index is 0.142. The summed E-state index contributed by atoms with van der Waals surface area (Å²) in [5, 5.41) is 2.21. The molecule has 0 aliphatic carbocycles. The van der Waals surface area contributed by atoms with Crippen molar-refractivity contribution in [1.82, 2.24) is 5.32 Å². The Bertz CT molecular complexity index is 1040. The number of ether oxygens (including phenoxy) is 2. The third-order valence-corrected chi connectivity index (χ3v) is 5.71. The van der Waals surface area contributed by atoms with Crippen LogP contribution in [0.15, 0.2) is 54.6 Å². The Hall–Kier alpha value is -2.41. The third kappa shape index (κ3) is 4.67. The van der Waals surface area contributed by atoms with Gasteiger partial charge in [0.05, 0.1) is 19.9 Å². The van der Waals surface area contributed by atoms with E-state index in [9.17, 15) is 14.4 Å². The number of carbonyl (C=O) groups excluding carboxylic acids is 3. The number of urea groups is 1. The number of methoxy groups -OCH3 is 1. The molecule has 9 heteroatoms. The molecule has 1 N–H and O–H groups in total. The molecule has 2 aromatic rings. The zero-order valence-corrected chi connectivity index (χ0v) is 20.1. The van der Waals surface area contributed by atoms with Crippen LogP contribution >= 0.6 is 45.2 Å². The van der Waals surface area contributed by atoms with E-state index in [1.807, 2.05) is 0 Å². The molecular formula is C21H16I2N2O5. The lowest BCUT2D eigenvalue weighted by molar-refractivity contribution is -0.122. The second kappa shape index (κ2) is 9.60. The molecule has 7 nitrogen and oxygen atoms in total. The number of amides is 4. The second-order valence-electron chi connectivity index (χ2n) is 6.07. The number of barbiturate groups is 1. The molecule has 1 fully saturated rings. The molecular weight excluding hydrogens is 614 g/mol. The van der Waals surface area contributed by atoms with Gasteiger partial charge in [-0.05, 0) is 93.2 Å². The highest BCUT2D eigenvalue weighted by molar-refractivity contribution is 14.1. The van der Waals surface area contributed by atoms with Crippen LogP contribution in [0.5, 0.6) is 11.5 Å². The molecule has 0 radical (unpaired) electrons. The van der Waals surface area contributed by atoms with E-state index in [-0.39, 0.29) is 5.57 Å². The van der Waals surface area contributed by atoms with Crippen molar-refractivity contribution >= 4 is 74.8 Å². The normalized spacial score (nSPS) is 15.2. The van der Waals surface area contributed by atoms with Crippen LogP contribution in [-0.2, 0) is 9.59 Å². The van der Waals surface area contributed by atoms with E-state index in [0.717, 1.165) is 12.0 Å². The molecule has 0 aromatic heterocycles. The van der Waals surface area contributed by atoms with Crippen LogP contribution < -0.4 is 19.7 Å². The van der Waals surface area contributed by atoms with Crippen LogP contribution in [0.2, 0.25) is 0 Å². The van der Waals surface area contributed by atoms with E-state index in [1.54, 1.807) is 42.5 Å². The van der Waals surface area contributed by atoms with Crippen molar-refractivity contribution in [2.24, 2.45) is 0 Å². The first-order valence-corrected chi connectivity index (χ1v) is 10.8. The van der Waals surface area contributed by atoms with Gasteiger partial charge in [-0.3, -0.25) is 14.9 Å². The molecule has 1 aliphatic rings. The van der Waals surface area contributed by atoms with Gasteiger partial charge in [-0.25, -0.2) is 9.69 Å². The molecule has 2 aromatic carbocycles. The van der Waals surface area contributed by atoms with Crippen molar-refractivity contribution in [1.29, 1.82) is 0 Å². The number of hydrogen-bond acceptors (Lipinski definition) is 5. The van der Waals surface area contributed by atoms with E-state index in [2.05, 4.69) is 57.1 Å². The van der Waals surface area contributed by atoms with Gasteiger partial charge in [0, 0.05) is 0 Å². The van der Waals surface area contributed by atoms with Crippen molar-refractivity contribution < 1.29 is 23.9 Å². The summed E-state index contributed by atoms with van der Waals surface area (Å²) in [6, 6.07) is 9.18. The molecule has 0 atom stereocenters. The molecule has 0 spiro atoms. The van der Waals surface area contributed by atoms with Gasteiger partial charge in [0.1, 0.15) is 23.7 Å². The summed E-state index contributed by atoms with van der Waals surface area (Å²) in [6.07, 6.45) is 3.11. The van der Waals surface area contributed by atoms with Gasteiger partial charge in [0.25, 0.3) is 11.8 Å². The fraction of sp³-hybridized carbons (Fsp3) is 0.0952. The lowest BCUT2D eigenvalue weighted by atomic mass is 10.1. The second-order valence-corrected chi connectivity index (χ2v) is 8.39. The highest BCUT2D eigenvalue weighted by Crippen LogP contribution is 2.31. The average Bonchev–Trinajstić information content (AvgIpc) is 2.71. The van der Waals surface area contributed by atoms with Crippen LogP contribution in [-0.4, -0.2) is 31.6 Å². The van der Waals surface area contributed by atoms with Crippen molar-refractivity contribution in [3.8, 4) is 11.5 Å². The number of hydrogen-bond donors (Lipinski definition) is 1. The van der Waals surface area contributed by atoms with Gasteiger partial charge >= 0.3 is 6.03 Å². The summed E-state index contributed by atoms with van der Waals surface area (Å²) in [4.78, 5) is 38.6. The number of nitrogens with zero attached hydrogens (tertiary/aromatic N) is 1. The molecule has 30 heavy (non-hydrogen) atoms. The number of carbonyl (C=O) groups is 3. The van der Waals surface area contributed by atoms with Crippen molar-refractivity contribution in [2.75, 3.05) is 18.6 Å². The van der Waals surface area contributed by atoms with E-state index in [1.165, 1.54) is 13.2 Å². The summed E-state index contributed by atoms with van der Waals surface area (Å²) in [7, 11) is 1.52. The van der Waals surface area contributed by atoms with Gasteiger partial charge in [0.15, 0.2) is 0 Å². The minimum atomic E-state index is -0.801. The van der Waals surface area contributed by atoms with E-state index in [4.69, 9.17) is 9.47 Å². The maximum absolute atomic E-state index is 13.0. The van der Waals surface area contributed by atoms with Crippen molar-refractivity contribution in [2.45, 2.75) is 0 Å². The predicted molar refractivity (Wildman–Crippen MR) is 130 cm³/mol. The van der Waals surface area contributed by atoms with Crippen molar-refractivity contribution in [3.63, 3.8) is 0 Å². The molecule has 0 bridgehead atoms. The van der Waals surface area contributed by atoms with Gasteiger partial charge < -0.3 is 9.47 Å². The first-order valence-electron chi connectivity index (χ1n) is 8.64. The molecule has 0 unspecified atom stereocenters. The number of halogens is 2. The number of rotatable bonds is 6. The van der Waals surface area contributed by atoms with Gasteiger partial charge in [-0.15, -0.1) is 0 Å². The van der Waals surface area contributed by atoms with Gasteiger partial charge in [-0.2, -0.15) is 0 Å². The predicted octanol–water partition coefficient (Wildman–Crippen LogP) is 4.14. The smallest absolute Gasteiger partial charge is 0.335 e. The fourth-order valence-electron chi connectivity index (χ4n) is 2.73. The lowest BCUT2D eigenvalue weighted by Gasteiger charge is -2.26. The van der Waals surface area contributed by atoms with Crippen LogP contribution in [0, 0.1) is 7.14 Å². The van der Waals surface area contributed by atoms with E-state index < -0.39 is 17.8 Å². The zero-order chi connectivity index (χ0) is 21.8. The van der Waals surface area contributed by atoms with Crippen LogP contribution in [0.1, 0.15) is 5.56 Å². The Balaban J connectivity index is 1.97. The number of nitrogens with one attached hydrogen (secondary N) is 1. The maximum atomic E-state index is 13.0. The quantitative estimate of drug-likeness (QED) is 0.225. The Kier molecular flexibility index (Phi) is 7.13. The molecule has 1 aliphatic heterocycles. The third-order valence-electron chi connectivity index (χ3n) is 4.11. The highest BCUT2D eigenvalue weighted by Gasteiger charge is 2.36. The molecule has 1 heterocycles. The Morgan fingerprint density at radius 3 is 2.30 bits per heavy atom. The topological polar surface area (TPSA) is 84.9 Å². The Labute approximate surface area is 200 Å². The largest absolute Gasteiger partial charge is 0.497 e. The summed E-state index contributed by atoms with van der Waals surface area (Å²) < 4.78 is 12.4. The maximum Gasteiger partial charge on any atom is 0.335 e. The molecule has 1 saturated heterocycles. The fourth-order valence-corrected chi connectivity index (χ4v) is 4.86. The molecule has 3 rings (SSSR count). The number of benzene rings is 2. The SMILES string of the molecule is C=CCOc1c(I)cc(/C=C2\C(=O)NC(=O)N(c3ccc(OC)cc3)C2=O)cc1I. The summed E-state index contributed by atoms with van der Waals surface area (Å²) in [6.45, 7) is 4.00. The average molecular weight is 630 g/mol. The van der Waals surface area contributed by atoms with Crippen LogP contribution in [0.4, 0.5) is 10.5 Å². The number of anilines is 1. The van der Waals surface area contributed by atoms with Crippen LogP contribution in [0.3, 0.4) is 0 Å². The van der Waals surface area contributed by atoms with E-state index >= 15 is 0 Å². The summed E-state index contributed by atoms with van der Waals surface area (Å²) in [5.74, 6) is -0.163. The number of imide groups is 2.